The summed E-state index contributed by atoms with van der Waals surface area (Å²) in [6, 6.07) is 0. The topological polar surface area (TPSA) is 72.9 Å². The van der Waals surface area contributed by atoms with E-state index in [1.54, 1.807) is 0 Å². The molecular weight excluding hydrogens is 234 g/mol. The Balaban J connectivity index is 2.49. The SMILES string of the molecule is C#CCN(CC(=O)O)C(=O)CN1CCCNCC1. The molecule has 0 aliphatic carbocycles. The van der Waals surface area contributed by atoms with Gasteiger partial charge in [-0.15, -0.1) is 6.42 Å². The van der Waals surface area contributed by atoms with Crippen molar-refractivity contribution in [2.45, 2.75) is 6.42 Å². The molecule has 1 heterocycles. The minimum Gasteiger partial charge on any atom is -0.480 e. The van der Waals surface area contributed by atoms with Gasteiger partial charge in [0.15, 0.2) is 0 Å². The molecule has 0 aromatic heterocycles. The van der Waals surface area contributed by atoms with Crippen molar-refractivity contribution < 1.29 is 14.7 Å². The first-order valence-corrected chi connectivity index (χ1v) is 5.99. The van der Waals surface area contributed by atoms with Gasteiger partial charge >= 0.3 is 5.97 Å². The highest BCUT2D eigenvalue weighted by atomic mass is 16.4. The van der Waals surface area contributed by atoms with Crippen LogP contribution in [0.15, 0.2) is 0 Å². The van der Waals surface area contributed by atoms with E-state index in [1.165, 1.54) is 4.90 Å². The Bertz CT molecular complexity index is 330. The lowest BCUT2D eigenvalue weighted by Crippen LogP contribution is -2.43. The van der Waals surface area contributed by atoms with E-state index in [0.29, 0.717) is 0 Å². The minimum absolute atomic E-state index is 0.0389. The molecule has 6 nitrogen and oxygen atoms in total. The van der Waals surface area contributed by atoms with E-state index in [-0.39, 0.29) is 25.5 Å². The van der Waals surface area contributed by atoms with Crippen LogP contribution in [0.2, 0.25) is 0 Å². The quantitative estimate of drug-likeness (QED) is 0.604. The fourth-order valence-corrected chi connectivity index (χ4v) is 1.86. The van der Waals surface area contributed by atoms with Crippen molar-refractivity contribution >= 4 is 11.9 Å². The number of hydrogen-bond acceptors (Lipinski definition) is 4. The van der Waals surface area contributed by atoms with Crippen molar-refractivity contribution in [1.29, 1.82) is 0 Å². The van der Waals surface area contributed by atoms with Gasteiger partial charge in [-0.2, -0.15) is 0 Å². The molecule has 1 saturated heterocycles. The van der Waals surface area contributed by atoms with E-state index in [9.17, 15) is 9.59 Å². The van der Waals surface area contributed by atoms with Crippen LogP contribution in [0.25, 0.3) is 0 Å². The number of carboxylic acids is 1. The second-order valence-corrected chi connectivity index (χ2v) is 4.23. The second kappa shape index (κ2) is 7.69. The first-order valence-electron chi connectivity index (χ1n) is 5.99. The van der Waals surface area contributed by atoms with Crippen LogP contribution in [-0.2, 0) is 9.59 Å². The molecule has 0 bridgehead atoms. The molecule has 0 spiro atoms. The fraction of sp³-hybridized carbons (Fsp3) is 0.667. The summed E-state index contributed by atoms with van der Waals surface area (Å²) in [6.45, 7) is 3.37. The first-order chi connectivity index (χ1) is 8.63. The third-order valence-corrected chi connectivity index (χ3v) is 2.75. The number of amides is 1. The predicted molar refractivity (Wildman–Crippen MR) is 67.0 cm³/mol. The summed E-state index contributed by atoms with van der Waals surface area (Å²) in [5, 5.41) is 12.0. The Kier molecular flexibility index (Phi) is 6.19. The second-order valence-electron chi connectivity index (χ2n) is 4.23. The number of rotatable bonds is 5. The molecule has 0 aromatic carbocycles. The lowest BCUT2D eigenvalue weighted by Gasteiger charge is -2.23. The van der Waals surface area contributed by atoms with Crippen molar-refractivity contribution in [3.05, 3.63) is 0 Å². The van der Waals surface area contributed by atoms with Crippen molar-refractivity contribution in [1.82, 2.24) is 15.1 Å². The maximum absolute atomic E-state index is 12.0. The molecule has 0 saturated carbocycles. The zero-order chi connectivity index (χ0) is 13.4. The van der Waals surface area contributed by atoms with Crippen molar-refractivity contribution in [3.8, 4) is 12.3 Å². The van der Waals surface area contributed by atoms with Gasteiger partial charge in [0, 0.05) is 13.1 Å². The van der Waals surface area contributed by atoms with Crippen LogP contribution in [0.1, 0.15) is 6.42 Å². The molecule has 0 aromatic rings. The van der Waals surface area contributed by atoms with E-state index in [4.69, 9.17) is 11.5 Å². The maximum Gasteiger partial charge on any atom is 0.323 e. The zero-order valence-electron chi connectivity index (χ0n) is 10.4. The third kappa shape index (κ3) is 5.17. The smallest absolute Gasteiger partial charge is 0.323 e. The summed E-state index contributed by atoms with van der Waals surface area (Å²) in [5.74, 6) is 1.04. The summed E-state index contributed by atoms with van der Waals surface area (Å²) >= 11 is 0. The maximum atomic E-state index is 12.0. The fourth-order valence-electron chi connectivity index (χ4n) is 1.86. The zero-order valence-corrected chi connectivity index (χ0v) is 10.4. The Hall–Kier alpha value is -1.58. The predicted octanol–water partition coefficient (Wildman–Crippen LogP) is -1.17. The standard InChI is InChI=1S/C12H19N3O3/c1-2-6-15(10-12(17)18)11(16)9-14-7-3-4-13-5-8-14/h1,13H,3-10H2,(H,17,18). The van der Waals surface area contributed by atoms with Crippen LogP contribution < -0.4 is 5.32 Å². The molecule has 1 fully saturated rings. The number of hydrogen-bond donors (Lipinski definition) is 2. The highest BCUT2D eigenvalue weighted by molar-refractivity contribution is 5.83. The largest absolute Gasteiger partial charge is 0.480 e. The van der Waals surface area contributed by atoms with E-state index in [2.05, 4.69) is 11.2 Å². The highest BCUT2D eigenvalue weighted by Gasteiger charge is 2.19. The van der Waals surface area contributed by atoms with Gasteiger partial charge < -0.3 is 15.3 Å². The van der Waals surface area contributed by atoms with Crippen LogP contribution >= 0.6 is 0 Å². The summed E-state index contributed by atoms with van der Waals surface area (Å²) in [4.78, 5) is 25.8. The van der Waals surface area contributed by atoms with E-state index in [1.807, 2.05) is 4.90 Å². The molecule has 1 amide bonds. The van der Waals surface area contributed by atoms with E-state index < -0.39 is 5.97 Å². The third-order valence-electron chi connectivity index (χ3n) is 2.75. The summed E-state index contributed by atoms with van der Waals surface area (Å²) in [6.07, 6.45) is 6.13. The van der Waals surface area contributed by atoms with Crippen molar-refractivity contribution in [3.63, 3.8) is 0 Å². The average molecular weight is 253 g/mol. The molecule has 100 valence electrons. The number of carboxylic acid groups (broad SMARTS) is 1. The number of aliphatic carboxylic acids is 1. The van der Waals surface area contributed by atoms with Crippen molar-refractivity contribution in [2.24, 2.45) is 0 Å². The Labute approximate surface area is 107 Å². The highest BCUT2D eigenvalue weighted by Crippen LogP contribution is 1.98. The number of carbonyl (C=O) groups excluding carboxylic acids is 1. The lowest BCUT2D eigenvalue weighted by molar-refractivity contribution is -0.144. The molecule has 6 heteroatoms. The number of carbonyl (C=O) groups is 2. The summed E-state index contributed by atoms with van der Waals surface area (Å²) in [5.41, 5.74) is 0. The molecule has 2 N–H and O–H groups in total. The van der Waals surface area contributed by atoms with Gasteiger partial charge in [-0.05, 0) is 19.5 Å². The molecule has 0 atom stereocenters. The lowest BCUT2D eigenvalue weighted by atomic mass is 10.3. The van der Waals surface area contributed by atoms with Crippen LogP contribution in [0.5, 0.6) is 0 Å². The van der Waals surface area contributed by atoms with Gasteiger partial charge in [-0.3, -0.25) is 14.5 Å². The van der Waals surface area contributed by atoms with Gasteiger partial charge in [0.1, 0.15) is 6.54 Å². The number of nitrogens with one attached hydrogen (secondary N) is 1. The first kappa shape index (κ1) is 14.5. The number of terminal acetylenes is 1. The monoisotopic (exact) mass is 253 g/mol. The van der Waals surface area contributed by atoms with Crippen LogP contribution in [0.4, 0.5) is 0 Å². The molecule has 18 heavy (non-hydrogen) atoms. The van der Waals surface area contributed by atoms with Gasteiger partial charge in [-0.25, -0.2) is 0 Å². The number of nitrogens with zero attached hydrogens (tertiary/aromatic N) is 2. The Morgan fingerprint density at radius 3 is 2.83 bits per heavy atom. The van der Waals surface area contributed by atoms with E-state index in [0.717, 1.165) is 32.6 Å². The minimum atomic E-state index is -1.05. The van der Waals surface area contributed by atoms with Crippen LogP contribution in [0, 0.1) is 12.3 Å². The summed E-state index contributed by atoms with van der Waals surface area (Å²) in [7, 11) is 0. The Morgan fingerprint density at radius 2 is 2.17 bits per heavy atom. The molecule has 1 aliphatic rings. The van der Waals surface area contributed by atoms with Gasteiger partial charge in [0.25, 0.3) is 0 Å². The van der Waals surface area contributed by atoms with Crippen LogP contribution in [-0.4, -0.2) is 72.6 Å². The molecule has 1 rings (SSSR count). The molecule has 1 aliphatic heterocycles. The summed E-state index contributed by atoms with van der Waals surface area (Å²) < 4.78 is 0. The van der Waals surface area contributed by atoms with Crippen molar-refractivity contribution in [2.75, 3.05) is 45.8 Å². The molecular formula is C12H19N3O3. The Morgan fingerprint density at radius 1 is 1.39 bits per heavy atom. The normalized spacial score (nSPS) is 16.6. The van der Waals surface area contributed by atoms with E-state index >= 15 is 0 Å². The van der Waals surface area contributed by atoms with Gasteiger partial charge in [-0.1, -0.05) is 5.92 Å². The van der Waals surface area contributed by atoms with Crippen LogP contribution in [0.3, 0.4) is 0 Å². The average Bonchev–Trinajstić information content (AvgIpc) is 2.56. The molecule has 0 unspecified atom stereocenters. The molecule has 0 radical (unpaired) electrons. The van der Waals surface area contributed by atoms with Gasteiger partial charge in [0.2, 0.25) is 5.91 Å². The van der Waals surface area contributed by atoms with Gasteiger partial charge in [0.05, 0.1) is 13.1 Å².